The lowest BCUT2D eigenvalue weighted by atomic mass is 9.85. The molecule has 0 bridgehead atoms. The van der Waals surface area contributed by atoms with Crippen LogP contribution in [0.4, 0.5) is 0 Å². The van der Waals surface area contributed by atoms with Crippen LogP contribution in [0.25, 0.3) is 0 Å². The molecule has 0 aromatic rings. The molecule has 0 spiro atoms. The first-order valence-corrected chi connectivity index (χ1v) is 7.76. The van der Waals surface area contributed by atoms with E-state index in [2.05, 4.69) is 24.2 Å². The second-order valence-corrected chi connectivity index (χ2v) is 6.17. The van der Waals surface area contributed by atoms with Crippen molar-refractivity contribution >= 4 is 0 Å². The summed E-state index contributed by atoms with van der Waals surface area (Å²) >= 11 is 0. The first-order valence-electron chi connectivity index (χ1n) is 7.76. The fraction of sp³-hybridized carbons (Fsp3) is 1.00. The van der Waals surface area contributed by atoms with E-state index in [9.17, 15) is 0 Å². The van der Waals surface area contributed by atoms with Crippen LogP contribution in [0.1, 0.15) is 45.4 Å². The molecule has 18 heavy (non-hydrogen) atoms. The molecule has 2 rings (SSSR count). The molecule has 0 unspecified atom stereocenters. The van der Waals surface area contributed by atoms with E-state index < -0.39 is 0 Å². The van der Waals surface area contributed by atoms with E-state index in [-0.39, 0.29) is 0 Å². The lowest BCUT2D eigenvalue weighted by molar-refractivity contribution is 0.00435. The Kier molecular flexibility index (Phi) is 5.46. The summed E-state index contributed by atoms with van der Waals surface area (Å²) in [5.74, 6) is 0. The van der Waals surface area contributed by atoms with Crippen molar-refractivity contribution in [3.8, 4) is 0 Å². The molecule has 3 nitrogen and oxygen atoms in total. The molecular weight excluding hydrogens is 224 g/mol. The average molecular weight is 254 g/mol. The summed E-state index contributed by atoms with van der Waals surface area (Å²) in [6, 6.07) is 0. The number of rotatable bonds is 6. The highest BCUT2D eigenvalue weighted by Crippen LogP contribution is 2.38. The van der Waals surface area contributed by atoms with Crippen molar-refractivity contribution in [3.05, 3.63) is 0 Å². The Hall–Kier alpha value is -0.120. The highest BCUT2D eigenvalue weighted by molar-refractivity contribution is 4.90. The summed E-state index contributed by atoms with van der Waals surface area (Å²) in [4.78, 5) is 2.68. The van der Waals surface area contributed by atoms with E-state index in [1.165, 1.54) is 64.7 Å². The van der Waals surface area contributed by atoms with Crippen molar-refractivity contribution < 1.29 is 4.74 Å². The van der Waals surface area contributed by atoms with E-state index in [1.54, 1.807) is 0 Å². The standard InChI is InChI=1S/C15H30N2O/c1-3-18-14-6-10-17(11-7-14)13-15(12-16-2)8-4-5-9-15/h14,16H,3-13H2,1-2H3. The number of piperidine rings is 1. The van der Waals surface area contributed by atoms with Gasteiger partial charge in [0.15, 0.2) is 0 Å². The van der Waals surface area contributed by atoms with Crippen molar-refractivity contribution in [1.29, 1.82) is 0 Å². The van der Waals surface area contributed by atoms with Crippen LogP contribution in [0.2, 0.25) is 0 Å². The minimum atomic E-state index is 0.523. The zero-order valence-electron chi connectivity index (χ0n) is 12.2. The second-order valence-electron chi connectivity index (χ2n) is 6.17. The van der Waals surface area contributed by atoms with Gasteiger partial charge in [0.1, 0.15) is 0 Å². The van der Waals surface area contributed by atoms with Gasteiger partial charge in [-0.15, -0.1) is 0 Å². The van der Waals surface area contributed by atoms with Gasteiger partial charge in [-0.25, -0.2) is 0 Å². The Labute approximate surface area is 112 Å². The third kappa shape index (κ3) is 3.69. The van der Waals surface area contributed by atoms with Gasteiger partial charge in [-0.1, -0.05) is 12.8 Å². The maximum absolute atomic E-state index is 5.73. The molecule has 1 N–H and O–H groups in total. The zero-order chi connectivity index (χ0) is 12.8. The van der Waals surface area contributed by atoms with Crippen LogP contribution in [-0.2, 0) is 4.74 Å². The third-order valence-corrected chi connectivity index (χ3v) is 4.71. The Balaban J connectivity index is 1.79. The maximum Gasteiger partial charge on any atom is 0.0599 e. The van der Waals surface area contributed by atoms with Gasteiger partial charge >= 0.3 is 0 Å². The fourth-order valence-electron chi connectivity index (χ4n) is 3.83. The molecule has 106 valence electrons. The molecular formula is C15H30N2O. The summed E-state index contributed by atoms with van der Waals surface area (Å²) < 4.78 is 5.73. The van der Waals surface area contributed by atoms with Gasteiger partial charge in [-0.2, -0.15) is 0 Å². The zero-order valence-corrected chi connectivity index (χ0v) is 12.2. The molecule has 1 saturated heterocycles. The minimum Gasteiger partial charge on any atom is -0.378 e. The number of likely N-dealkylation sites (tertiary alicyclic amines) is 1. The van der Waals surface area contributed by atoms with E-state index in [1.807, 2.05) is 0 Å². The Morgan fingerprint density at radius 3 is 2.44 bits per heavy atom. The minimum absolute atomic E-state index is 0.523. The number of ether oxygens (including phenoxy) is 1. The molecule has 0 aromatic carbocycles. The molecule has 1 saturated carbocycles. The van der Waals surface area contributed by atoms with Crippen LogP contribution in [0.5, 0.6) is 0 Å². The number of nitrogens with zero attached hydrogens (tertiary/aromatic N) is 1. The SMILES string of the molecule is CCOC1CCN(CC2(CNC)CCCC2)CC1. The summed E-state index contributed by atoms with van der Waals surface area (Å²) in [5, 5.41) is 3.42. The molecule has 1 aliphatic heterocycles. The topological polar surface area (TPSA) is 24.5 Å². The van der Waals surface area contributed by atoms with Crippen LogP contribution < -0.4 is 5.32 Å². The van der Waals surface area contributed by atoms with E-state index in [0.29, 0.717) is 11.5 Å². The predicted molar refractivity (Wildman–Crippen MR) is 75.9 cm³/mol. The van der Waals surface area contributed by atoms with Crippen molar-refractivity contribution in [2.24, 2.45) is 5.41 Å². The van der Waals surface area contributed by atoms with Gasteiger partial charge in [0, 0.05) is 32.8 Å². The maximum atomic E-state index is 5.73. The number of hydrogen-bond acceptors (Lipinski definition) is 3. The van der Waals surface area contributed by atoms with E-state index >= 15 is 0 Å². The Bertz CT molecular complexity index is 231. The quantitative estimate of drug-likeness (QED) is 0.787. The van der Waals surface area contributed by atoms with Crippen LogP contribution in [0, 0.1) is 5.41 Å². The predicted octanol–water partition coefficient (Wildman–Crippen LogP) is 2.27. The average Bonchev–Trinajstić information content (AvgIpc) is 2.81. The Morgan fingerprint density at radius 1 is 1.22 bits per heavy atom. The molecule has 3 heteroatoms. The first-order chi connectivity index (χ1) is 8.78. The first kappa shape index (κ1) is 14.3. The molecule has 1 aliphatic carbocycles. The van der Waals surface area contributed by atoms with Crippen molar-refractivity contribution in [2.75, 3.05) is 39.8 Å². The van der Waals surface area contributed by atoms with E-state index in [0.717, 1.165) is 6.61 Å². The van der Waals surface area contributed by atoms with Gasteiger partial charge < -0.3 is 15.0 Å². The van der Waals surface area contributed by atoms with Crippen LogP contribution in [-0.4, -0.2) is 50.8 Å². The number of nitrogens with one attached hydrogen (secondary N) is 1. The Morgan fingerprint density at radius 2 is 1.89 bits per heavy atom. The molecule has 0 atom stereocenters. The van der Waals surface area contributed by atoms with Crippen LogP contribution in [0.15, 0.2) is 0 Å². The van der Waals surface area contributed by atoms with Crippen molar-refractivity contribution in [2.45, 2.75) is 51.6 Å². The van der Waals surface area contributed by atoms with Gasteiger partial charge in [0.05, 0.1) is 6.10 Å². The lowest BCUT2D eigenvalue weighted by Crippen LogP contribution is -2.46. The summed E-state index contributed by atoms with van der Waals surface area (Å²) in [6.45, 7) is 7.93. The van der Waals surface area contributed by atoms with Gasteiger partial charge in [-0.05, 0) is 45.1 Å². The summed E-state index contributed by atoms with van der Waals surface area (Å²) in [7, 11) is 2.10. The fourth-order valence-corrected chi connectivity index (χ4v) is 3.83. The van der Waals surface area contributed by atoms with Gasteiger partial charge in [-0.3, -0.25) is 0 Å². The smallest absolute Gasteiger partial charge is 0.0599 e. The largest absolute Gasteiger partial charge is 0.378 e. The second kappa shape index (κ2) is 6.88. The lowest BCUT2D eigenvalue weighted by Gasteiger charge is -2.39. The molecule has 0 radical (unpaired) electrons. The highest BCUT2D eigenvalue weighted by Gasteiger charge is 2.35. The van der Waals surface area contributed by atoms with E-state index in [4.69, 9.17) is 4.74 Å². The molecule has 0 aromatic heterocycles. The molecule has 0 amide bonds. The van der Waals surface area contributed by atoms with Crippen LogP contribution >= 0.6 is 0 Å². The monoisotopic (exact) mass is 254 g/mol. The highest BCUT2D eigenvalue weighted by atomic mass is 16.5. The summed E-state index contributed by atoms with van der Waals surface area (Å²) in [6.07, 6.45) is 8.66. The molecule has 2 aliphatic rings. The molecule has 1 heterocycles. The molecule has 2 fully saturated rings. The third-order valence-electron chi connectivity index (χ3n) is 4.71. The van der Waals surface area contributed by atoms with Crippen molar-refractivity contribution in [1.82, 2.24) is 10.2 Å². The van der Waals surface area contributed by atoms with Gasteiger partial charge in [0.2, 0.25) is 0 Å². The van der Waals surface area contributed by atoms with Crippen molar-refractivity contribution in [3.63, 3.8) is 0 Å². The summed E-state index contributed by atoms with van der Waals surface area (Å²) in [5.41, 5.74) is 0.563. The number of hydrogen-bond donors (Lipinski definition) is 1. The normalized spacial score (nSPS) is 25.7. The van der Waals surface area contributed by atoms with Crippen LogP contribution in [0.3, 0.4) is 0 Å². The van der Waals surface area contributed by atoms with Gasteiger partial charge in [0.25, 0.3) is 0 Å².